The van der Waals surface area contributed by atoms with Crippen LogP contribution in [0.1, 0.15) is 76.1 Å². The summed E-state index contributed by atoms with van der Waals surface area (Å²) in [7, 11) is 2.58. The highest BCUT2D eigenvalue weighted by atomic mass is 16.5. The quantitative estimate of drug-likeness (QED) is 0.140. The summed E-state index contributed by atoms with van der Waals surface area (Å²) in [5.41, 5.74) is 5.55. The Hall–Kier alpha value is -6.10. The molecule has 4 atom stereocenters. The second-order valence-corrected chi connectivity index (χ2v) is 15.8. The van der Waals surface area contributed by atoms with E-state index in [1.54, 1.807) is 11.1 Å². The van der Waals surface area contributed by atoms with Gasteiger partial charge in [0, 0.05) is 42.8 Å². The number of aromatic amines is 2. The number of amides is 4. The highest BCUT2D eigenvalue weighted by molar-refractivity contribution is 5.89. The van der Waals surface area contributed by atoms with E-state index in [0.29, 0.717) is 62.0 Å². The van der Waals surface area contributed by atoms with Crippen LogP contribution in [0.25, 0.3) is 44.5 Å². The van der Waals surface area contributed by atoms with Gasteiger partial charge in [-0.05, 0) is 74.6 Å². The molecule has 4 N–H and O–H groups in total. The first-order valence-electron chi connectivity index (χ1n) is 20.3. The third-order valence-corrected chi connectivity index (χ3v) is 11.8. The lowest BCUT2D eigenvalue weighted by Gasteiger charge is -2.34. The van der Waals surface area contributed by atoms with E-state index in [-0.39, 0.29) is 35.7 Å². The molecule has 0 bridgehead atoms. The van der Waals surface area contributed by atoms with E-state index < -0.39 is 24.3 Å². The first-order chi connectivity index (χ1) is 28.6. The molecule has 4 unspecified atom stereocenters. The maximum Gasteiger partial charge on any atom is 0.407 e. The number of hydrogen-bond acceptors (Lipinski definition) is 11. The van der Waals surface area contributed by atoms with E-state index in [4.69, 9.17) is 19.2 Å². The Labute approximate surface area is 341 Å². The van der Waals surface area contributed by atoms with Crippen molar-refractivity contribution in [3.05, 3.63) is 60.3 Å². The molecule has 4 amide bonds. The Morgan fingerprint density at radius 3 is 2.20 bits per heavy atom. The van der Waals surface area contributed by atoms with Gasteiger partial charge in [-0.1, -0.05) is 32.0 Å². The van der Waals surface area contributed by atoms with Crippen LogP contribution in [0.2, 0.25) is 0 Å². The number of methoxy groups -OCH3 is 2. The van der Waals surface area contributed by atoms with Gasteiger partial charge in [-0.15, -0.1) is 10.2 Å². The molecule has 0 saturated carbocycles. The Morgan fingerprint density at radius 2 is 1.47 bits per heavy atom. The number of hydrogen-bond donors (Lipinski definition) is 4. The van der Waals surface area contributed by atoms with Crippen molar-refractivity contribution >= 4 is 45.9 Å². The third kappa shape index (κ3) is 8.15. The Balaban J connectivity index is 0.979. The smallest absolute Gasteiger partial charge is 0.407 e. The lowest BCUT2D eigenvalue weighted by atomic mass is 9.90. The van der Waals surface area contributed by atoms with Crippen molar-refractivity contribution in [1.29, 1.82) is 0 Å². The summed E-state index contributed by atoms with van der Waals surface area (Å²) < 4.78 is 15.2. The van der Waals surface area contributed by atoms with Crippen molar-refractivity contribution in [3.8, 4) is 22.5 Å². The SMILES string of the molecule is COC(=O)NC(C(=O)N1CCCC1c1ncc(-c2ccc3cc(-c4ccc5nc(C6CCCN6C(=O)C(NC(=O)OC)C6CCOCC6)[nH]c5c4)nnc3c2)[nH]1)C(C)C. The van der Waals surface area contributed by atoms with Crippen LogP contribution < -0.4 is 10.6 Å². The molecule has 3 aliphatic rings. The summed E-state index contributed by atoms with van der Waals surface area (Å²) >= 11 is 0. The van der Waals surface area contributed by atoms with Gasteiger partial charge in [0.2, 0.25) is 11.8 Å². The molecular weight excluding hydrogens is 757 g/mol. The van der Waals surface area contributed by atoms with E-state index in [1.807, 2.05) is 61.2 Å². The van der Waals surface area contributed by atoms with Crippen molar-refractivity contribution in [2.24, 2.45) is 11.8 Å². The van der Waals surface area contributed by atoms with Gasteiger partial charge < -0.3 is 44.6 Å². The molecule has 17 nitrogen and oxygen atoms in total. The van der Waals surface area contributed by atoms with Crippen molar-refractivity contribution in [2.75, 3.05) is 40.5 Å². The highest BCUT2D eigenvalue weighted by Gasteiger charge is 2.41. The molecule has 5 aromatic rings. The maximum atomic E-state index is 14.0. The molecule has 8 rings (SSSR count). The van der Waals surface area contributed by atoms with Gasteiger partial charge >= 0.3 is 12.2 Å². The van der Waals surface area contributed by atoms with Gasteiger partial charge in [0.1, 0.15) is 23.7 Å². The summed E-state index contributed by atoms with van der Waals surface area (Å²) in [6.45, 7) is 6.02. The van der Waals surface area contributed by atoms with Gasteiger partial charge in [-0.2, -0.15) is 0 Å². The molecule has 3 fully saturated rings. The average molecular weight is 807 g/mol. The summed E-state index contributed by atoms with van der Waals surface area (Å²) in [4.78, 5) is 72.0. The summed E-state index contributed by atoms with van der Waals surface area (Å²) in [5, 5.41) is 15.6. The summed E-state index contributed by atoms with van der Waals surface area (Å²) in [6.07, 6.45) is 5.03. The van der Waals surface area contributed by atoms with Crippen LogP contribution in [0.4, 0.5) is 9.59 Å². The van der Waals surface area contributed by atoms with Crippen LogP contribution in [-0.4, -0.2) is 117 Å². The van der Waals surface area contributed by atoms with Crippen LogP contribution in [0.3, 0.4) is 0 Å². The molecule has 310 valence electrons. The van der Waals surface area contributed by atoms with Crippen LogP contribution in [0, 0.1) is 11.8 Å². The van der Waals surface area contributed by atoms with Crippen LogP contribution in [-0.2, 0) is 23.8 Å². The van der Waals surface area contributed by atoms with E-state index >= 15 is 0 Å². The second-order valence-electron chi connectivity index (χ2n) is 15.8. The highest BCUT2D eigenvalue weighted by Crippen LogP contribution is 2.36. The number of benzene rings is 2. The Morgan fingerprint density at radius 1 is 0.780 bits per heavy atom. The van der Waals surface area contributed by atoms with Gasteiger partial charge in [-0.25, -0.2) is 19.6 Å². The fourth-order valence-electron chi connectivity index (χ4n) is 8.65. The van der Waals surface area contributed by atoms with Crippen molar-refractivity contribution < 1.29 is 33.4 Å². The number of aromatic nitrogens is 6. The van der Waals surface area contributed by atoms with Crippen molar-refractivity contribution in [1.82, 2.24) is 50.6 Å². The number of carbonyl (C=O) groups is 4. The number of ether oxygens (including phenoxy) is 3. The zero-order chi connectivity index (χ0) is 41.2. The predicted octanol–water partition coefficient (Wildman–Crippen LogP) is 5.42. The lowest BCUT2D eigenvalue weighted by Crippen LogP contribution is -2.53. The molecule has 3 aliphatic heterocycles. The number of fused-ring (bicyclic) bond motifs is 2. The standard InChI is InChI=1S/C42H50N10O7/c1-23(2)35(47-41(55)57-3)39(53)51-15-5-7-33(51)37-43-22-32(46-37)27-10-9-25-19-29(49-50-30(25)20-27)26-11-12-28-31(21-26)45-38(44-28)34-8-6-16-52(34)40(54)36(48-42(56)58-4)24-13-17-59-18-14-24/h9-12,19-24,33-36H,5-8,13-18H2,1-4H3,(H,43,46)(H,44,45)(H,47,55)(H,48,56). The van der Waals surface area contributed by atoms with Crippen LogP contribution in [0.5, 0.6) is 0 Å². The first kappa shape index (κ1) is 39.7. The molecule has 2 aromatic carbocycles. The number of nitrogens with one attached hydrogen (secondary N) is 4. The van der Waals surface area contributed by atoms with Crippen LogP contribution >= 0.6 is 0 Å². The number of nitrogens with zero attached hydrogens (tertiary/aromatic N) is 6. The predicted molar refractivity (Wildman–Crippen MR) is 217 cm³/mol. The average Bonchev–Trinajstić information content (AvgIpc) is 4.10. The fraction of sp³-hybridized carbons (Fsp3) is 0.476. The largest absolute Gasteiger partial charge is 0.453 e. The summed E-state index contributed by atoms with van der Waals surface area (Å²) in [6, 6.07) is 12.0. The van der Waals surface area contributed by atoms with Crippen molar-refractivity contribution in [2.45, 2.75) is 76.5 Å². The summed E-state index contributed by atoms with van der Waals surface area (Å²) in [5.74, 6) is 0.931. The van der Waals surface area contributed by atoms with Gasteiger partial charge in [0.15, 0.2) is 0 Å². The number of H-pyrrole nitrogens is 2. The van der Waals surface area contributed by atoms with Crippen LogP contribution in [0.15, 0.2) is 48.7 Å². The molecule has 6 heterocycles. The monoisotopic (exact) mass is 806 g/mol. The lowest BCUT2D eigenvalue weighted by molar-refractivity contribution is -0.137. The van der Waals surface area contributed by atoms with E-state index in [2.05, 4.69) is 35.8 Å². The fourth-order valence-corrected chi connectivity index (χ4v) is 8.65. The van der Waals surface area contributed by atoms with Gasteiger partial charge in [-0.3, -0.25) is 9.59 Å². The Kier molecular flexibility index (Phi) is 11.5. The van der Waals surface area contributed by atoms with Gasteiger partial charge in [0.05, 0.1) is 60.4 Å². The minimum absolute atomic E-state index is 0.0442. The Bertz CT molecular complexity index is 2350. The molecule has 0 aliphatic carbocycles. The number of alkyl carbamates (subject to hydrolysis) is 2. The molecule has 0 spiro atoms. The molecular formula is C42H50N10O7. The van der Waals surface area contributed by atoms with E-state index in [9.17, 15) is 19.2 Å². The topological polar surface area (TPSA) is 210 Å². The normalized spacial score (nSPS) is 19.6. The third-order valence-electron chi connectivity index (χ3n) is 11.8. The number of rotatable bonds is 10. The number of likely N-dealkylation sites (tertiary alicyclic amines) is 2. The molecule has 3 saturated heterocycles. The van der Waals surface area contributed by atoms with E-state index in [1.165, 1.54) is 14.2 Å². The molecule has 0 radical (unpaired) electrons. The maximum absolute atomic E-state index is 14.0. The molecule has 59 heavy (non-hydrogen) atoms. The first-order valence-corrected chi connectivity index (χ1v) is 20.3. The minimum atomic E-state index is -0.708. The van der Waals surface area contributed by atoms with E-state index in [0.717, 1.165) is 58.9 Å². The van der Waals surface area contributed by atoms with Gasteiger partial charge in [0.25, 0.3) is 0 Å². The van der Waals surface area contributed by atoms with Crippen molar-refractivity contribution in [3.63, 3.8) is 0 Å². The zero-order valence-electron chi connectivity index (χ0n) is 33.7. The number of carbonyl (C=O) groups excluding carboxylic acids is 4. The zero-order valence-corrected chi connectivity index (χ0v) is 33.7. The number of imidazole rings is 2. The minimum Gasteiger partial charge on any atom is -0.453 e. The molecule has 3 aromatic heterocycles. The molecule has 17 heteroatoms. The second kappa shape index (κ2) is 17.0.